The number of nitrogens with zero attached hydrogens (tertiary/aromatic N) is 3. The van der Waals surface area contributed by atoms with Gasteiger partial charge in [0.2, 0.25) is 5.91 Å². The highest BCUT2D eigenvalue weighted by Gasteiger charge is 2.19. The van der Waals surface area contributed by atoms with Crippen molar-refractivity contribution in [1.82, 2.24) is 14.5 Å². The monoisotopic (exact) mass is 367 g/mol. The van der Waals surface area contributed by atoms with Gasteiger partial charge in [-0.2, -0.15) is 0 Å². The number of hydrogen-bond donors (Lipinski definition) is 0. The van der Waals surface area contributed by atoms with Crippen LogP contribution in [0.5, 0.6) is 0 Å². The summed E-state index contributed by atoms with van der Waals surface area (Å²) < 4.78 is 2.05. The second-order valence-corrected chi connectivity index (χ2v) is 7.69. The molecule has 4 rings (SSSR count). The zero-order valence-corrected chi connectivity index (χ0v) is 15.6. The first-order valence-corrected chi connectivity index (χ1v) is 9.83. The molecule has 134 valence electrons. The number of likely N-dealkylation sites (tertiary alicyclic amines) is 1. The Labute approximate surface area is 155 Å². The maximum absolute atomic E-state index is 12.8. The van der Waals surface area contributed by atoms with E-state index in [0.29, 0.717) is 10.2 Å². The minimum absolute atomic E-state index is 0.00302. The van der Waals surface area contributed by atoms with Crippen molar-refractivity contribution < 1.29 is 4.79 Å². The Hall–Kier alpha value is -2.47. The number of rotatable bonds is 3. The van der Waals surface area contributed by atoms with E-state index < -0.39 is 0 Å². The van der Waals surface area contributed by atoms with E-state index in [0.717, 1.165) is 37.1 Å². The molecule has 1 saturated heterocycles. The fourth-order valence-electron chi connectivity index (χ4n) is 3.38. The van der Waals surface area contributed by atoms with E-state index in [2.05, 4.69) is 17.1 Å². The molecule has 3 heterocycles. The van der Waals surface area contributed by atoms with Crippen LogP contribution in [0, 0.1) is 6.92 Å². The Morgan fingerprint density at radius 1 is 1.15 bits per heavy atom. The number of fused-ring (bicyclic) bond motifs is 1. The van der Waals surface area contributed by atoms with Crippen LogP contribution in [0.1, 0.15) is 24.8 Å². The molecule has 1 aromatic carbocycles. The molecule has 0 atom stereocenters. The SMILES string of the molecule is Cc1ccc(-c2csc3c(=O)n(CC(=O)N4CCCCC4)cnc23)cc1. The van der Waals surface area contributed by atoms with Gasteiger partial charge in [-0.05, 0) is 31.7 Å². The molecule has 1 amide bonds. The number of aryl methyl sites for hydroxylation is 1. The van der Waals surface area contributed by atoms with Gasteiger partial charge in [0.15, 0.2) is 0 Å². The highest BCUT2D eigenvalue weighted by Crippen LogP contribution is 2.30. The van der Waals surface area contributed by atoms with Gasteiger partial charge in [0, 0.05) is 24.0 Å². The van der Waals surface area contributed by atoms with Crippen molar-refractivity contribution >= 4 is 27.5 Å². The van der Waals surface area contributed by atoms with Gasteiger partial charge >= 0.3 is 0 Å². The minimum atomic E-state index is -0.135. The fraction of sp³-hybridized carbons (Fsp3) is 0.350. The fourth-order valence-corrected chi connectivity index (χ4v) is 4.36. The molecule has 26 heavy (non-hydrogen) atoms. The molecule has 0 bridgehead atoms. The second kappa shape index (κ2) is 7.03. The van der Waals surface area contributed by atoms with Gasteiger partial charge < -0.3 is 4.90 Å². The summed E-state index contributed by atoms with van der Waals surface area (Å²) in [6.45, 7) is 3.70. The maximum Gasteiger partial charge on any atom is 0.271 e. The molecule has 2 aromatic heterocycles. The van der Waals surface area contributed by atoms with Gasteiger partial charge in [-0.1, -0.05) is 29.8 Å². The summed E-state index contributed by atoms with van der Waals surface area (Å²) >= 11 is 1.40. The lowest BCUT2D eigenvalue weighted by molar-refractivity contribution is -0.132. The zero-order chi connectivity index (χ0) is 18.1. The number of piperidine rings is 1. The Bertz CT molecular complexity index is 998. The summed E-state index contributed by atoms with van der Waals surface area (Å²) in [5, 5.41) is 1.97. The van der Waals surface area contributed by atoms with Crippen molar-refractivity contribution in [3.05, 3.63) is 51.9 Å². The standard InChI is InChI=1S/C20H21N3O2S/c1-14-5-7-15(8-6-14)16-12-26-19-18(16)21-13-23(20(19)25)11-17(24)22-9-3-2-4-10-22/h5-8,12-13H,2-4,9-11H2,1H3. The van der Waals surface area contributed by atoms with Crippen LogP contribution in [0.4, 0.5) is 0 Å². The Morgan fingerprint density at radius 2 is 1.88 bits per heavy atom. The molecule has 0 saturated carbocycles. The first kappa shape index (κ1) is 17.0. The van der Waals surface area contributed by atoms with Crippen molar-refractivity contribution in [3.8, 4) is 11.1 Å². The zero-order valence-electron chi connectivity index (χ0n) is 14.8. The highest BCUT2D eigenvalue weighted by molar-refractivity contribution is 7.17. The Balaban J connectivity index is 1.64. The van der Waals surface area contributed by atoms with Crippen molar-refractivity contribution in [3.63, 3.8) is 0 Å². The predicted molar refractivity (Wildman–Crippen MR) is 104 cm³/mol. The number of carbonyl (C=O) groups excluding carboxylic acids is 1. The van der Waals surface area contributed by atoms with Gasteiger partial charge in [-0.3, -0.25) is 14.2 Å². The number of amides is 1. The number of aromatic nitrogens is 2. The Kier molecular flexibility index (Phi) is 4.59. The molecular formula is C20H21N3O2S. The molecule has 0 spiro atoms. The highest BCUT2D eigenvalue weighted by atomic mass is 32.1. The van der Waals surface area contributed by atoms with Crippen LogP contribution in [0.2, 0.25) is 0 Å². The average molecular weight is 367 g/mol. The van der Waals surface area contributed by atoms with Gasteiger partial charge in [0.25, 0.3) is 5.56 Å². The van der Waals surface area contributed by atoms with Crippen LogP contribution in [-0.2, 0) is 11.3 Å². The number of benzene rings is 1. The van der Waals surface area contributed by atoms with Crippen LogP contribution >= 0.6 is 11.3 Å². The number of hydrogen-bond acceptors (Lipinski definition) is 4. The molecule has 3 aromatic rings. The van der Waals surface area contributed by atoms with Gasteiger partial charge in [-0.15, -0.1) is 11.3 Å². The average Bonchev–Trinajstić information content (AvgIpc) is 3.10. The third kappa shape index (κ3) is 3.17. The lowest BCUT2D eigenvalue weighted by Crippen LogP contribution is -2.39. The largest absolute Gasteiger partial charge is 0.341 e. The molecule has 1 fully saturated rings. The summed E-state index contributed by atoms with van der Waals surface area (Å²) in [6, 6.07) is 8.20. The third-order valence-corrected chi connectivity index (χ3v) is 5.88. The van der Waals surface area contributed by atoms with E-state index in [9.17, 15) is 9.59 Å². The van der Waals surface area contributed by atoms with E-state index >= 15 is 0 Å². The number of carbonyl (C=O) groups is 1. The van der Waals surface area contributed by atoms with Crippen molar-refractivity contribution in [1.29, 1.82) is 0 Å². The molecule has 0 radical (unpaired) electrons. The van der Waals surface area contributed by atoms with Crippen molar-refractivity contribution in [2.75, 3.05) is 13.1 Å². The van der Waals surface area contributed by atoms with Crippen LogP contribution in [-0.4, -0.2) is 33.4 Å². The first-order valence-electron chi connectivity index (χ1n) is 8.95. The first-order chi connectivity index (χ1) is 12.6. The van der Waals surface area contributed by atoms with Crippen LogP contribution in [0.3, 0.4) is 0 Å². The Morgan fingerprint density at radius 3 is 2.62 bits per heavy atom. The van der Waals surface area contributed by atoms with Crippen molar-refractivity contribution in [2.45, 2.75) is 32.7 Å². The predicted octanol–water partition coefficient (Wildman–Crippen LogP) is 3.45. The molecular weight excluding hydrogens is 346 g/mol. The van der Waals surface area contributed by atoms with E-state index in [1.807, 2.05) is 29.3 Å². The summed E-state index contributed by atoms with van der Waals surface area (Å²) in [4.78, 5) is 31.6. The molecule has 0 unspecified atom stereocenters. The molecule has 5 nitrogen and oxygen atoms in total. The summed E-state index contributed by atoms with van der Waals surface area (Å²) in [5.41, 5.74) is 3.79. The molecule has 6 heteroatoms. The second-order valence-electron chi connectivity index (χ2n) is 6.81. The molecule has 0 N–H and O–H groups in total. The van der Waals surface area contributed by atoms with Crippen LogP contribution in [0.25, 0.3) is 21.3 Å². The van der Waals surface area contributed by atoms with E-state index in [4.69, 9.17) is 0 Å². The van der Waals surface area contributed by atoms with E-state index in [1.165, 1.54) is 34.2 Å². The van der Waals surface area contributed by atoms with Crippen LogP contribution in [0.15, 0.2) is 40.8 Å². The van der Waals surface area contributed by atoms with Gasteiger partial charge in [0.05, 0.1) is 11.8 Å². The maximum atomic E-state index is 12.8. The summed E-state index contributed by atoms with van der Waals surface area (Å²) in [7, 11) is 0. The molecule has 1 aliphatic rings. The van der Waals surface area contributed by atoms with Gasteiger partial charge in [-0.25, -0.2) is 4.98 Å². The minimum Gasteiger partial charge on any atom is -0.341 e. The van der Waals surface area contributed by atoms with E-state index in [1.54, 1.807) is 0 Å². The normalized spacial score (nSPS) is 14.7. The van der Waals surface area contributed by atoms with Gasteiger partial charge in [0.1, 0.15) is 11.2 Å². The molecule has 0 aliphatic carbocycles. The lowest BCUT2D eigenvalue weighted by atomic mass is 10.1. The quantitative estimate of drug-likeness (QED) is 0.712. The summed E-state index contributed by atoms with van der Waals surface area (Å²) in [6.07, 6.45) is 4.77. The van der Waals surface area contributed by atoms with Crippen molar-refractivity contribution in [2.24, 2.45) is 0 Å². The summed E-state index contributed by atoms with van der Waals surface area (Å²) in [5.74, 6) is 0.00302. The topological polar surface area (TPSA) is 55.2 Å². The van der Waals surface area contributed by atoms with E-state index in [-0.39, 0.29) is 18.0 Å². The smallest absolute Gasteiger partial charge is 0.271 e. The third-order valence-electron chi connectivity index (χ3n) is 4.92. The lowest BCUT2D eigenvalue weighted by Gasteiger charge is -2.26. The van der Waals surface area contributed by atoms with Crippen LogP contribution < -0.4 is 5.56 Å². The number of thiophene rings is 1. The molecule has 1 aliphatic heterocycles.